The number of carbonyl (C=O) groups excluding carboxylic acids is 1. The number of amides is 1. The average Bonchev–Trinajstić information content (AvgIpc) is 2.57. The molecule has 1 aromatic rings. The van der Waals surface area contributed by atoms with Crippen LogP contribution < -0.4 is 5.48 Å². The molecule has 1 aromatic carbocycles. The van der Waals surface area contributed by atoms with E-state index in [1.807, 2.05) is 0 Å². The number of benzene rings is 1. The van der Waals surface area contributed by atoms with Crippen LogP contribution in [0, 0.1) is 25.1 Å². The van der Waals surface area contributed by atoms with Gasteiger partial charge in [-0.05, 0) is 38.1 Å². The molecule has 0 aliphatic carbocycles. The molecule has 4 nitrogen and oxygen atoms in total. The minimum Gasteiger partial charge on any atom is -0.343 e. The first-order chi connectivity index (χ1) is 10.5. The predicted molar refractivity (Wildman–Crippen MR) is 82.5 cm³/mol. The quantitative estimate of drug-likeness (QED) is 0.458. The normalized spacial score (nSPS) is 17.4. The molecule has 0 bridgehead atoms. The largest absolute Gasteiger partial charge is 0.343 e. The summed E-state index contributed by atoms with van der Waals surface area (Å²) in [5, 5.41) is 8.56. The summed E-state index contributed by atoms with van der Waals surface area (Å²) in [5.41, 5.74) is 2.41. The molecule has 2 rings (SSSR count). The van der Waals surface area contributed by atoms with E-state index < -0.39 is 11.7 Å². The fraction of sp³-hybridized carbons (Fsp3) is 0.471. The molecule has 1 saturated heterocycles. The fourth-order valence-electron chi connectivity index (χ4n) is 2.93. The Morgan fingerprint density at radius 2 is 1.91 bits per heavy atom. The number of rotatable bonds is 5. The summed E-state index contributed by atoms with van der Waals surface area (Å²) in [4.78, 5) is 13.5. The number of carbonyl (C=O) groups is 1. The maximum Gasteiger partial charge on any atom is 0.274 e. The maximum absolute atomic E-state index is 14.1. The van der Waals surface area contributed by atoms with Crippen molar-refractivity contribution in [2.45, 2.75) is 32.2 Å². The monoisotopic (exact) mass is 395 g/mol. The Labute approximate surface area is 162 Å². The van der Waals surface area contributed by atoms with E-state index in [1.54, 1.807) is 6.07 Å². The third kappa shape index (κ3) is 5.06. The van der Waals surface area contributed by atoms with Crippen LogP contribution in [-0.2, 0) is 39.3 Å². The first-order valence-corrected chi connectivity index (χ1v) is 7.57. The molecule has 1 radical (unpaired) electrons. The topological polar surface area (TPSA) is 52.6 Å². The Morgan fingerprint density at radius 1 is 1.30 bits per heavy atom. The predicted octanol–water partition coefficient (Wildman–Crippen LogP) is 2.97. The molecule has 6 heteroatoms. The number of nitrogens with zero attached hydrogens (tertiary/aromatic N) is 1. The Hall–Kier alpha value is -0.356. The van der Waals surface area contributed by atoms with Crippen LogP contribution in [0.2, 0.25) is 0 Å². The van der Waals surface area contributed by atoms with Gasteiger partial charge in [0.05, 0.1) is 0 Å². The van der Waals surface area contributed by atoms with E-state index >= 15 is 0 Å². The van der Waals surface area contributed by atoms with Crippen LogP contribution in [0.5, 0.6) is 0 Å². The molecule has 1 fully saturated rings. The number of hydroxylamine groups is 1. The second-order valence-electron chi connectivity index (χ2n) is 6.02. The van der Waals surface area contributed by atoms with Gasteiger partial charge in [-0.15, -0.1) is 0 Å². The Morgan fingerprint density at radius 3 is 2.39 bits per heavy atom. The van der Waals surface area contributed by atoms with Gasteiger partial charge in [-0.3, -0.25) is 14.9 Å². The van der Waals surface area contributed by atoms with Crippen molar-refractivity contribution < 1.29 is 47.1 Å². The molecular weight excluding hydrogens is 372 g/mol. The number of hydrogen-bond donors (Lipinski definition) is 2. The van der Waals surface area contributed by atoms with E-state index in [1.165, 1.54) is 11.5 Å². The molecule has 23 heavy (non-hydrogen) atoms. The minimum atomic E-state index is -0.709. The summed E-state index contributed by atoms with van der Waals surface area (Å²) < 4.78 is 14.1. The first-order valence-electron chi connectivity index (χ1n) is 7.57. The van der Waals surface area contributed by atoms with Gasteiger partial charge in [0, 0.05) is 50.4 Å². The summed E-state index contributed by atoms with van der Waals surface area (Å²) in [6.07, 6.45) is 3.85. The van der Waals surface area contributed by atoms with Crippen LogP contribution in [0.4, 0.5) is 4.39 Å². The number of hydrogen-bond acceptors (Lipinski definition) is 3. The molecule has 0 unspecified atom stereocenters. The molecule has 125 valence electrons. The molecular formula is C17H23FN2O2Y-2. The van der Waals surface area contributed by atoms with E-state index in [0.29, 0.717) is 12.1 Å². The number of nitrogens with one attached hydrogen (secondary N) is 1. The summed E-state index contributed by atoms with van der Waals surface area (Å²) in [6, 6.07) is 4.27. The molecule has 0 spiro atoms. The van der Waals surface area contributed by atoms with Gasteiger partial charge >= 0.3 is 0 Å². The van der Waals surface area contributed by atoms with Gasteiger partial charge in [0.15, 0.2) is 0 Å². The van der Waals surface area contributed by atoms with Crippen molar-refractivity contribution in [2.75, 3.05) is 13.1 Å². The van der Waals surface area contributed by atoms with Gasteiger partial charge in [0.2, 0.25) is 0 Å². The van der Waals surface area contributed by atoms with Gasteiger partial charge in [-0.1, -0.05) is 11.5 Å². The smallest absolute Gasteiger partial charge is 0.274 e. The molecule has 1 aliphatic heterocycles. The van der Waals surface area contributed by atoms with Gasteiger partial charge in [0.25, 0.3) is 5.91 Å². The first kappa shape index (κ1) is 20.7. The van der Waals surface area contributed by atoms with E-state index in [-0.39, 0.29) is 43.7 Å². The van der Waals surface area contributed by atoms with Crippen LogP contribution in [0.25, 0.3) is 0 Å². The van der Waals surface area contributed by atoms with Gasteiger partial charge in [-0.25, -0.2) is 9.87 Å². The Kier molecular flexibility index (Phi) is 8.29. The number of piperidine rings is 1. The molecule has 0 atom stereocenters. The van der Waals surface area contributed by atoms with Crippen molar-refractivity contribution in [3.05, 3.63) is 49.0 Å². The maximum atomic E-state index is 14.1. The van der Waals surface area contributed by atoms with E-state index in [2.05, 4.69) is 18.7 Å². The third-order valence-electron chi connectivity index (χ3n) is 4.79. The zero-order valence-electron chi connectivity index (χ0n) is 13.4. The van der Waals surface area contributed by atoms with E-state index in [9.17, 15) is 9.18 Å². The average molecular weight is 395 g/mol. The number of likely N-dealkylation sites (tertiary alicyclic amines) is 1. The van der Waals surface area contributed by atoms with Crippen LogP contribution in [0.15, 0.2) is 18.2 Å². The van der Waals surface area contributed by atoms with Crippen molar-refractivity contribution >= 4 is 5.91 Å². The van der Waals surface area contributed by atoms with Crippen molar-refractivity contribution in [1.82, 2.24) is 10.4 Å². The second-order valence-corrected chi connectivity index (χ2v) is 6.02. The summed E-state index contributed by atoms with van der Waals surface area (Å²) in [7, 11) is 0. The SMILES string of the molecule is [CH2-]CC1(C[CH2-])CCN(Cc2ccc(C(=O)NO)cc2F)CC1.[Y]. The van der Waals surface area contributed by atoms with E-state index in [4.69, 9.17) is 5.21 Å². The molecule has 1 heterocycles. The fourth-order valence-corrected chi connectivity index (χ4v) is 2.93. The molecule has 0 aromatic heterocycles. The Balaban J connectivity index is 0.00000264. The van der Waals surface area contributed by atoms with Crippen molar-refractivity contribution in [2.24, 2.45) is 5.41 Å². The van der Waals surface area contributed by atoms with E-state index in [0.717, 1.165) is 44.8 Å². The van der Waals surface area contributed by atoms with Gasteiger partial charge < -0.3 is 13.8 Å². The zero-order chi connectivity index (χ0) is 16.2. The second kappa shape index (κ2) is 9.21. The molecule has 1 aliphatic rings. The molecule has 2 N–H and O–H groups in total. The summed E-state index contributed by atoms with van der Waals surface area (Å²) >= 11 is 0. The van der Waals surface area contributed by atoms with Gasteiger partial charge in [0.1, 0.15) is 5.82 Å². The Bertz CT molecular complexity index is 525. The van der Waals surface area contributed by atoms with Crippen molar-refractivity contribution in [3.8, 4) is 0 Å². The molecule has 0 saturated carbocycles. The van der Waals surface area contributed by atoms with Crippen LogP contribution >= 0.6 is 0 Å². The van der Waals surface area contributed by atoms with Crippen LogP contribution in [-0.4, -0.2) is 29.1 Å². The standard InChI is InChI=1S/C17H23FN2O2.Y/c1-3-17(4-2)7-9-20(10-8-17)12-14-6-5-13(11-15(14)18)16(21)19-22;/h5-6,11,22H,1-4,7-10,12H2,(H,19,21);/q-2;. The molecule has 1 amide bonds. The summed E-state index contributed by atoms with van der Waals surface area (Å²) in [5.74, 6) is -1.13. The van der Waals surface area contributed by atoms with Crippen LogP contribution in [0.1, 0.15) is 41.6 Å². The summed E-state index contributed by atoms with van der Waals surface area (Å²) in [6.45, 7) is 10.4. The van der Waals surface area contributed by atoms with Crippen molar-refractivity contribution in [1.29, 1.82) is 0 Å². The van der Waals surface area contributed by atoms with Gasteiger partial charge in [-0.2, -0.15) is 12.8 Å². The number of halogens is 1. The third-order valence-corrected chi connectivity index (χ3v) is 4.79. The zero-order valence-corrected chi connectivity index (χ0v) is 16.2. The minimum absolute atomic E-state index is 0. The van der Waals surface area contributed by atoms with Crippen molar-refractivity contribution in [3.63, 3.8) is 0 Å². The van der Waals surface area contributed by atoms with Crippen LogP contribution in [0.3, 0.4) is 0 Å².